The Morgan fingerprint density at radius 3 is 1.41 bits per heavy atom. The first-order valence-corrected chi connectivity index (χ1v) is 20.4. The number of hydrogen-bond donors (Lipinski definition) is 0. The van der Waals surface area contributed by atoms with Gasteiger partial charge in [-0.25, -0.2) is 17.6 Å². The Hall–Kier alpha value is -2.52. The highest BCUT2D eigenvalue weighted by atomic mass is 19.4. The van der Waals surface area contributed by atoms with Gasteiger partial charge in [-0.05, 0) is 135 Å². The van der Waals surface area contributed by atoms with Crippen LogP contribution in [0.25, 0.3) is 5.57 Å². The zero-order valence-corrected chi connectivity index (χ0v) is 31.6. The van der Waals surface area contributed by atoms with Gasteiger partial charge in [0.15, 0.2) is 23.3 Å². The van der Waals surface area contributed by atoms with Gasteiger partial charge in [-0.3, -0.25) is 0 Å². The number of halogens is 10. The van der Waals surface area contributed by atoms with Gasteiger partial charge in [-0.1, -0.05) is 83.4 Å². The molecule has 0 heterocycles. The Morgan fingerprint density at radius 1 is 0.519 bits per heavy atom. The molecule has 3 saturated carbocycles. The summed E-state index contributed by atoms with van der Waals surface area (Å²) in [5.41, 5.74) is -2.32. The Kier molecular flexibility index (Phi) is 14.7. The summed E-state index contributed by atoms with van der Waals surface area (Å²) in [5, 5.41) is 0. The van der Waals surface area contributed by atoms with Crippen molar-refractivity contribution in [2.45, 2.75) is 154 Å². The van der Waals surface area contributed by atoms with Crippen molar-refractivity contribution < 1.29 is 45.3 Å². The summed E-state index contributed by atoms with van der Waals surface area (Å²) in [7, 11) is 0. The first-order valence-electron chi connectivity index (χ1n) is 20.4. The second-order valence-corrected chi connectivity index (χ2v) is 16.6. The first-order chi connectivity index (χ1) is 25.6. The van der Waals surface area contributed by atoms with Gasteiger partial charge in [-0.15, -0.1) is 0 Å². The van der Waals surface area contributed by atoms with Gasteiger partial charge in [-0.2, -0.15) is 26.3 Å². The molecule has 0 N–H and O–H groups in total. The largest absolute Gasteiger partial charge is 0.419 e. The summed E-state index contributed by atoms with van der Waals surface area (Å²) in [6.07, 6.45) is 13.2. The van der Waals surface area contributed by atoms with Crippen LogP contribution in [-0.4, -0.2) is 0 Å². The summed E-state index contributed by atoms with van der Waals surface area (Å²) in [6, 6.07) is 3.55. The Morgan fingerprint density at radius 2 is 0.963 bits per heavy atom. The molecule has 54 heavy (non-hydrogen) atoms. The van der Waals surface area contributed by atoms with Crippen LogP contribution in [0.1, 0.15) is 165 Å². The van der Waals surface area contributed by atoms with Gasteiger partial charge in [0, 0.05) is 6.99 Å². The van der Waals surface area contributed by atoms with E-state index in [1.54, 1.807) is 0 Å². The van der Waals surface area contributed by atoms with E-state index < -0.39 is 46.7 Å². The lowest BCUT2D eigenvalue weighted by Crippen LogP contribution is -2.25. The summed E-state index contributed by atoms with van der Waals surface area (Å²) >= 11 is 0. The maximum atomic E-state index is 14.3. The molecule has 1 atom stereocenters. The highest BCUT2D eigenvalue weighted by molar-refractivity contribution is 5.67. The number of allylic oxidation sites excluding steroid dienone is 2. The van der Waals surface area contributed by atoms with Crippen molar-refractivity contribution >= 4 is 5.57 Å². The molecule has 0 amide bonds. The highest BCUT2D eigenvalue weighted by Gasteiger charge is 2.39. The molecule has 304 valence electrons. The average Bonchev–Trinajstić information content (AvgIpc) is 3.14. The van der Waals surface area contributed by atoms with Crippen LogP contribution in [0.15, 0.2) is 30.3 Å². The monoisotopic (exact) mass is 776 g/mol. The van der Waals surface area contributed by atoms with E-state index in [2.05, 4.69) is 13.8 Å². The summed E-state index contributed by atoms with van der Waals surface area (Å²) in [6.45, 7) is 4.46. The van der Waals surface area contributed by atoms with Crippen molar-refractivity contribution in [1.29, 1.82) is 0 Å². The fourth-order valence-corrected chi connectivity index (χ4v) is 10.3. The van der Waals surface area contributed by atoms with Gasteiger partial charge < -0.3 is 0 Å². The van der Waals surface area contributed by atoms with Gasteiger partial charge in [0.25, 0.3) is 0 Å². The quantitative estimate of drug-likeness (QED) is 0.234. The number of benzene rings is 2. The Balaban J connectivity index is 0.000000240. The van der Waals surface area contributed by atoms with E-state index in [4.69, 9.17) is 0 Å². The van der Waals surface area contributed by atoms with Crippen LogP contribution in [0.2, 0.25) is 0 Å². The lowest BCUT2D eigenvalue weighted by molar-refractivity contribution is -0.141. The number of alkyl halides is 6. The van der Waals surface area contributed by atoms with Crippen molar-refractivity contribution in [3.05, 3.63) is 75.9 Å². The molecule has 1 unspecified atom stereocenters. The number of hydrogen-bond acceptors (Lipinski definition) is 0. The average molecular weight is 777 g/mol. The lowest BCUT2D eigenvalue weighted by atomic mass is 9.68. The zero-order chi connectivity index (χ0) is 39.2. The highest BCUT2D eigenvalue weighted by Crippen LogP contribution is 2.47. The molecule has 2 aromatic rings. The Bertz CT molecular complexity index is 1540. The van der Waals surface area contributed by atoms with Crippen LogP contribution < -0.4 is 0 Å². The van der Waals surface area contributed by atoms with Gasteiger partial charge in [0.05, 0.1) is 11.1 Å². The predicted molar refractivity (Wildman–Crippen MR) is 196 cm³/mol. The van der Waals surface area contributed by atoms with Crippen molar-refractivity contribution in [3.63, 3.8) is 0 Å². The molecule has 3 fully saturated rings. The standard InChI is InChI=1S/C22H29F5.C22H27F5.H2/c2*1-2-3-14-4-6-15(7-5-14)16-8-10-17(11-9-16)18-12-13-19(22(25,26)27)21(24)20(18)23;/h12-17H,2-11H2,1H3;10,12-16H,2-9,11H2,1H3;1H. The molecule has 0 aromatic heterocycles. The van der Waals surface area contributed by atoms with Gasteiger partial charge in [0.2, 0.25) is 0 Å². The predicted octanol–water partition coefficient (Wildman–Crippen LogP) is 15.9. The molecular weight excluding hydrogens is 718 g/mol. The molecule has 4 aliphatic carbocycles. The van der Waals surface area contributed by atoms with E-state index in [9.17, 15) is 43.9 Å². The van der Waals surface area contributed by atoms with Crippen LogP contribution in [0.3, 0.4) is 0 Å². The van der Waals surface area contributed by atoms with Crippen LogP contribution in [-0.2, 0) is 12.4 Å². The van der Waals surface area contributed by atoms with Crippen molar-refractivity contribution in [2.24, 2.45) is 35.5 Å². The summed E-state index contributed by atoms with van der Waals surface area (Å²) in [5.74, 6) is -2.09. The third kappa shape index (κ3) is 10.5. The maximum Gasteiger partial charge on any atom is 0.419 e. The molecule has 0 radical (unpaired) electrons. The molecular formula is C44H58F10. The minimum absolute atomic E-state index is 0. The fraction of sp³-hybridized carbons (Fsp3) is 0.682. The van der Waals surface area contributed by atoms with E-state index in [1.165, 1.54) is 77.0 Å². The molecule has 4 aliphatic rings. The van der Waals surface area contributed by atoms with E-state index in [0.717, 1.165) is 68.4 Å². The van der Waals surface area contributed by atoms with Gasteiger partial charge in [0.1, 0.15) is 0 Å². The first kappa shape index (κ1) is 42.6. The normalized spacial score (nSPS) is 28.2. The smallest absolute Gasteiger partial charge is 0.203 e. The second-order valence-electron chi connectivity index (χ2n) is 16.6. The van der Waals surface area contributed by atoms with Crippen LogP contribution in [0, 0.1) is 58.8 Å². The van der Waals surface area contributed by atoms with E-state index in [1.807, 2.05) is 6.08 Å². The van der Waals surface area contributed by atoms with Gasteiger partial charge >= 0.3 is 12.4 Å². The minimum Gasteiger partial charge on any atom is -0.203 e. The van der Waals surface area contributed by atoms with Crippen molar-refractivity contribution in [3.8, 4) is 0 Å². The topological polar surface area (TPSA) is 0 Å². The van der Waals surface area contributed by atoms with Crippen LogP contribution in [0.4, 0.5) is 43.9 Å². The molecule has 0 spiro atoms. The third-order valence-corrected chi connectivity index (χ3v) is 13.3. The zero-order valence-electron chi connectivity index (χ0n) is 31.6. The number of rotatable bonds is 8. The van der Waals surface area contributed by atoms with E-state index in [-0.39, 0.29) is 18.5 Å². The lowest BCUT2D eigenvalue weighted by Gasteiger charge is -2.38. The molecule has 0 bridgehead atoms. The van der Waals surface area contributed by atoms with Crippen molar-refractivity contribution in [1.82, 2.24) is 0 Å². The van der Waals surface area contributed by atoms with E-state index in [0.29, 0.717) is 41.9 Å². The molecule has 10 heteroatoms. The molecule has 0 saturated heterocycles. The van der Waals surface area contributed by atoms with Crippen LogP contribution >= 0.6 is 0 Å². The maximum absolute atomic E-state index is 14.3. The Labute approximate surface area is 316 Å². The third-order valence-electron chi connectivity index (χ3n) is 13.3. The fourth-order valence-electron chi connectivity index (χ4n) is 10.3. The van der Waals surface area contributed by atoms with Crippen LogP contribution in [0.5, 0.6) is 0 Å². The van der Waals surface area contributed by atoms with Crippen molar-refractivity contribution in [2.75, 3.05) is 0 Å². The molecule has 0 nitrogen and oxygen atoms in total. The summed E-state index contributed by atoms with van der Waals surface area (Å²) < 4.78 is 133. The molecule has 2 aromatic carbocycles. The minimum atomic E-state index is -4.88. The van der Waals surface area contributed by atoms with E-state index >= 15 is 0 Å². The molecule has 6 rings (SSSR count). The summed E-state index contributed by atoms with van der Waals surface area (Å²) in [4.78, 5) is 0. The second kappa shape index (κ2) is 18.6. The SMILES string of the molecule is CCCC1CCC(C2CC=C(c3ccc(C(F)(F)F)c(F)c3F)CC2)CC1.CCCC1CCC(C2CCC(c3ccc(C(F)(F)F)c(F)c3F)CC2)CC1.[HH]. The molecule has 0 aliphatic heterocycles.